The van der Waals surface area contributed by atoms with Gasteiger partial charge in [-0.15, -0.1) is 0 Å². The molecule has 3 rings (SSSR count). The van der Waals surface area contributed by atoms with E-state index in [9.17, 15) is 19.7 Å². The van der Waals surface area contributed by atoms with Gasteiger partial charge in [-0.1, -0.05) is 30.8 Å². The summed E-state index contributed by atoms with van der Waals surface area (Å²) in [6.45, 7) is 5.63. The Bertz CT molecular complexity index is 1010. The number of allylic oxidation sites excluding steroid dienone is 1. The van der Waals surface area contributed by atoms with E-state index < -0.39 is 16.9 Å². The van der Waals surface area contributed by atoms with Crippen LogP contribution in [0.3, 0.4) is 0 Å². The van der Waals surface area contributed by atoms with Crippen molar-refractivity contribution in [3.63, 3.8) is 0 Å². The number of methoxy groups -OCH3 is 1. The Balaban J connectivity index is 2.11. The summed E-state index contributed by atoms with van der Waals surface area (Å²) in [6, 6.07) is 5.45. The summed E-state index contributed by atoms with van der Waals surface area (Å²) < 4.78 is 5.04. The zero-order chi connectivity index (χ0) is 22.7. The number of carbonyl (C=O) groups is 2. The standard InChI is InChI=1S/C21H24N4O5S/c1-5-16-18(20(27)30-4)19(13-7-6-8-14(9-13)25(28)29)24-15(11-31-21(24)23-16)10-17(26)22-12(2)3/h6-9,11-12,19H,5,10H2,1-4H3,(H,22,26). The molecule has 0 radical (unpaired) electrons. The summed E-state index contributed by atoms with van der Waals surface area (Å²) in [7, 11) is 1.29. The Hall–Kier alpha value is -3.14. The van der Waals surface area contributed by atoms with Gasteiger partial charge in [0, 0.05) is 23.9 Å². The number of nitro benzene ring substituents is 1. The van der Waals surface area contributed by atoms with Crippen LogP contribution in [0.15, 0.2) is 51.6 Å². The van der Waals surface area contributed by atoms with Crippen LogP contribution in [0, 0.1) is 10.1 Å². The average molecular weight is 445 g/mol. The fraction of sp³-hybridized carbons (Fsp3) is 0.381. The highest BCUT2D eigenvalue weighted by molar-refractivity contribution is 8.16. The molecule has 1 aromatic carbocycles. The van der Waals surface area contributed by atoms with Crippen molar-refractivity contribution in [2.45, 2.75) is 45.7 Å². The second kappa shape index (κ2) is 9.34. The number of nitrogens with zero attached hydrogens (tertiary/aromatic N) is 3. The third kappa shape index (κ3) is 4.63. The molecule has 1 atom stereocenters. The van der Waals surface area contributed by atoms with E-state index in [-0.39, 0.29) is 24.1 Å². The highest BCUT2D eigenvalue weighted by atomic mass is 32.2. The number of thioether (sulfide) groups is 1. The molecule has 0 saturated heterocycles. The first kappa shape index (κ1) is 22.5. The van der Waals surface area contributed by atoms with Gasteiger partial charge in [-0.2, -0.15) is 0 Å². The first-order chi connectivity index (χ1) is 14.8. The number of aliphatic imine (C=N–C) groups is 1. The number of fused-ring (bicyclic) bond motifs is 1. The molecule has 2 aliphatic rings. The van der Waals surface area contributed by atoms with Crippen LogP contribution in [0.25, 0.3) is 0 Å². The maximum Gasteiger partial charge on any atom is 0.338 e. The number of ether oxygens (including phenoxy) is 1. The van der Waals surface area contributed by atoms with Crippen LogP contribution in [0.4, 0.5) is 5.69 Å². The van der Waals surface area contributed by atoms with Crippen LogP contribution in [0.5, 0.6) is 0 Å². The molecule has 2 aliphatic heterocycles. The smallest absolute Gasteiger partial charge is 0.338 e. The van der Waals surface area contributed by atoms with E-state index in [0.717, 1.165) is 0 Å². The minimum absolute atomic E-state index is 0.0126. The maximum atomic E-state index is 12.8. The Labute approximate surface area is 184 Å². The second-order valence-electron chi connectivity index (χ2n) is 7.35. The van der Waals surface area contributed by atoms with Crippen molar-refractivity contribution in [2.24, 2.45) is 4.99 Å². The molecule has 0 aliphatic carbocycles. The van der Waals surface area contributed by atoms with Gasteiger partial charge in [0.1, 0.15) is 0 Å². The molecule has 164 valence electrons. The SMILES string of the molecule is CCC1=C(C(=O)OC)C(c2cccc([N+](=O)[O-])c2)N2C(CC(=O)NC(C)C)=CSC2=N1. The Morgan fingerprint density at radius 3 is 2.74 bits per heavy atom. The van der Waals surface area contributed by atoms with Gasteiger partial charge in [0.2, 0.25) is 5.91 Å². The number of non-ortho nitro benzene ring substituents is 1. The van der Waals surface area contributed by atoms with Gasteiger partial charge < -0.3 is 15.0 Å². The first-order valence-electron chi connectivity index (χ1n) is 9.85. The molecule has 1 unspecified atom stereocenters. The van der Waals surface area contributed by atoms with Crippen molar-refractivity contribution in [3.8, 4) is 0 Å². The summed E-state index contributed by atoms with van der Waals surface area (Å²) >= 11 is 1.36. The molecule has 0 spiro atoms. The largest absolute Gasteiger partial charge is 0.466 e. The van der Waals surface area contributed by atoms with Gasteiger partial charge in [0.15, 0.2) is 5.17 Å². The van der Waals surface area contributed by atoms with E-state index in [1.165, 1.54) is 31.0 Å². The van der Waals surface area contributed by atoms with Crippen LogP contribution in [0.2, 0.25) is 0 Å². The van der Waals surface area contributed by atoms with Crippen LogP contribution < -0.4 is 5.32 Å². The van der Waals surface area contributed by atoms with Crippen LogP contribution in [-0.2, 0) is 14.3 Å². The Kier molecular flexibility index (Phi) is 6.79. The van der Waals surface area contributed by atoms with Crippen molar-refractivity contribution in [3.05, 3.63) is 62.3 Å². The number of rotatable bonds is 7. The number of nitro groups is 1. The minimum atomic E-state index is -0.692. The summed E-state index contributed by atoms with van der Waals surface area (Å²) in [6.07, 6.45) is 0.572. The topological polar surface area (TPSA) is 114 Å². The third-order valence-corrected chi connectivity index (χ3v) is 5.71. The molecule has 9 nitrogen and oxygen atoms in total. The molecule has 0 aromatic heterocycles. The first-order valence-corrected chi connectivity index (χ1v) is 10.7. The quantitative estimate of drug-likeness (QED) is 0.388. The third-order valence-electron chi connectivity index (χ3n) is 4.82. The fourth-order valence-electron chi connectivity index (χ4n) is 3.57. The lowest BCUT2D eigenvalue weighted by molar-refractivity contribution is -0.384. The second-order valence-corrected chi connectivity index (χ2v) is 8.19. The summed E-state index contributed by atoms with van der Waals surface area (Å²) in [5, 5.41) is 16.7. The Morgan fingerprint density at radius 2 is 2.13 bits per heavy atom. The number of carbonyl (C=O) groups excluding carboxylic acids is 2. The lowest BCUT2D eigenvalue weighted by Gasteiger charge is -2.36. The van der Waals surface area contributed by atoms with Crippen molar-refractivity contribution in [1.82, 2.24) is 10.2 Å². The lowest BCUT2D eigenvalue weighted by atomic mass is 9.92. The van der Waals surface area contributed by atoms with Gasteiger partial charge in [0.25, 0.3) is 5.69 Å². The number of nitrogens with one attached hydrogen (secondary N) is 1. The number of benzene rings is 1. The number of esters is 1. The molecule has 2 heterocycles. The summed E-state index contributed by atoms with van der Waals surface area (Å²) in [5.41, 5.74) is 2.00. The van der Waals surface area contributed by atoms with E-state index in [1.54, 1.807) is 17.0 Å². The van der Waals surface area contributed by atoms with Gasteiger partial charge in [-0.3, -0.25) is 14.9 Å². The number of hydrogen-bond donors (Lipinski definition) is 1. The van der Waals surface area contributed by atoms with Gasteiger partial charge in [-0.05, 0) is 31.2 Å². The molecule has 1 amide bonds. The van der Waals surface area contributed by atoms with Gasteiger partial charge in [-0.25, -0.2) is 9.79 Å². The molecule has 10 heteroatoms. The average Bonchev–Trinajstić information content (AvgIpc) is 3.13. The normalized spacial score (nSPS) is 17.8. The Morgan fingerprint density at radius 1 is 1.39 bits per heavy atom. The lowest BCUT2D eigenvalue weighted by Crippen LogP contribution is -2.38. The maximum absolute atomic E-state index is 12.8. The summed E-state index contributed by atoms with van der Waals surface area (Å²) in [5.74, 6) is -0.718. The van der Waals surface area contributed by atoms with Gasteiger partial charge in [0.05, 0.1) is 35.8 Å². The molecule has 31 heavy (non-hydrogen) atoms. The monoisotopic (exact) mass is 444 g/mol. The highest BCUT2D eigenvalue weighted by Gasteiger charge is 2.41. The van der Waals surface area contributed by atoms with E-state index in [4.69, 9.17) is 4.74 Å². The molecule has 0 bridgehead atoms. The van der Waals surface area contributed by atoms with Crippen molar-refractivity contribution >= 4 is 34.5 Å². The minimum Gasteiger partial charge on any atom is -0.466 e. The van der Waals surface area contributed by atoms with E-state index in [1.807, 2.05) is 26.2 Å². The fourth-order valence-corrected chi connectivity index (χ4v) is 4.51. The van der Waals surface area contributed by atoms with Crippen LogP contribution in [-0.4, -0.2) is 40.0 Å². The number of amidine groups is 1. The van der Waals surface area contributed by atoms with E-state index in [2.05, 4.69) is 10.3 Å². The summed E-state index contributed by atoms with van der Waals surface area (Å²) in [4.78, 5) is 42.5. The van der Waals surface area contributed by atoms with Crippen molar-refractivity contribution < 1.29 is 19.2 Å². The van der Waals surface area contributed by atoms with Crippen LogP contribution in [0.1, 0.15) is 45.2 Å². The predicted molar refractivity (Wildman–Crippen MR) is 118 cm³/mol. The van der Waals surface area contributed by atoms with Gasteiger partial charge >= 0.3 is 5.97 Å². The zero-order valence-electron chi connectivity index (χ0n) is 17.7. The molecular weight excluding hydrogens is 420 g/mol. The highest BCUT2D eigenvalue weighted by Crippen LogP contribution is 2.45. The van der Waals surface area contributed by atoms with Crippen molar-refractivity contribution in [1.29, 1.82) is 0 Å². The molecule has 1 N–H and O–H groups in total. The molecule has 0 fully saturated rings. The number of amides is 1. The van der Waals surface area contributed by atoms with E-state index in [0.29, 0.717) is 34.1 Å². The molecule has 1 aromatic rings. The van der Waals surface area contributed by atoms with E-state index >= 15 is 0 Å². The predicted octanol–water partition coefficient (Wildman–Crippen LogP) is 3.65. The molecule has 0 saturated carbocycles. The van der Waals surface area contributed by atoms with Crippen LogP contribution >= 0.6 is 11.8 Å². The zero-order valence-corrected chi connectivity index (χ0v) is 18.6. The number of hydrogen-bond acceptors (Lipinski definition) is 8. The van der Waals surface area contributed by atoms with Crippen molar-refractivity contribution in [2.75, 3.05) is 7.11 Å². The molecular formula is C21H24N4O5S.